The molecule has 2 saturated heterocycles. The number of hydrogen-bond donors (Lipinski definition) is 0. The van der Waals surface area contributed by atoms with Gasteiger partial charge in [-0.2, -0.15) is 0 Å². The number of esters is 1. The van der Waals surface area contributed by atoms with E-state index in [1.54, 1.807) is 60.4 Å². The Morgan fingerprint density at radius 1 is 1.03 bits per heavy atom. The van der Waals surface area contributed by atoms with E-state index in [2.05, 4.69) is 0 Å². The van der Waals surface area contributed by atoms with Crippen molar-refractivity contribution in [1.82, 2.24) is 9.80 Å². The van der Waals surface area contributed by atoms with Gasteiger partial charge in [0.2, 0.25) is 5.91 Å². The molecule has 2 aliphatic rings. The predicted molar refractivity (Wildman–Crippen MR) is 137 cm³/mol. The van der Waals surface area contributed by atoms with Crippen LogP contribution in [0.4, 0.5) is 4.79 Å². The minimum absolute atomic E-state index is 0.208. The molecule has 0 spiro atoms. The molecular weight excluding hydrogens is 504 g/mol. The molecule has 2 heterocycles. The molecular formula is C26H25ClN2O6S. The van der Waals surface area contributed by atoms with Gasteiger partial charge >= 0.3 is 5.97 Å². The standard InChI is InChI=1S/C26H25ClN2O6S/c1-2-34-21-14-17(6-11-20(21)35-25(32)18-7-9-19(27)10-8-18)15-22-24(31)29(26(33)36-22)16-23(30)28-12-4-3-5-13-28/h6-11,14-15H,2-5,12-13,16H2,1H3/b22-15-. The fourth-order valence-corrected chi connectivity index (χ4v) is 4.84. The second-order valence-corrected chi connectivity index (χ2v) is 9.67. The normalized spacial score (nSPS) is 17.0. The Hall–Kier alpha value is -3.30. The maximum atomic E-state index is 12.9. The lowest BCUT2D eigenvalue weighted by atomic mass is 10.1. The maximum Gasteiger partial charge on any atom is 0.343 e. The molecule has 4 rings (SSSR count). The van der Waals surface area contributed by atoms with E-state index >= 15 is 0 Å². The van der Waals surface area contributed by atoms with Gasteiger partial charge in [0.05, 0.1) is 17.1 Å². The molecule has 0 unspecified atom stereocenters. The van der Waals surface area contributed by atoms with E-state index in [0.717, 1.165) is 35.9 Å². The van der Waals surface area contributed by atoms with Crippen LogP contribution in [0.3, 0.4) is 0 Å². The largest absolute Gasteiger partial charge is 0.490 e. The van der Waals surface area contributed by atoms with Gasteiger partial charge in [0.15, 0.2) is 11.5 Å². The van der Waals surface area contributed by atoms with Gasteiger partial charge in [-0.3, -0.25) is 19.3 Å². The van der Waals surface area contributed by atoms with Crippen molar-refractivity contribution >= 4 is 52.5 Å². The number of ether oxygens (including phenoxy) is 2. The number of benzene rings is 2. The molecule has 0 bridgehead atoms. The van der Waals surface area contributed by atoms with Crippen LogP contribution in [0.15, 0.2) is 47.4 Å². The molecule has 0 N–H and O–H groups in total. The highest BCUT2D eigenvalue weighted by Crippen LogP contribution is 2.35. The summed E-state index contributed by atoms with van der Waals surface area (Å²) in [4.78, 5) is 53.3. The van der Waals surface area contributed by atoms with Crippen LogP contribution in [0.5, 0.6) is 11.5 Å². The first-order valence-corrected chi connectivity index (χ1v) is 12.8. The third kappa shape index (κ3) is 6.09. The summed E-state index contributed by atoms with van der Waals surface area (Å²) < 4.78 is 11.1. The summed E-state index contributed by atoms with van der Waals surface area (Å²) in [6.07, 6.45) is 4.50. The number of amides is 3. The Morgan fingerprint density at radius 3 is 2.44 bits per heavy atom. The molecule has 36 heavy (non-hydrogen) atoms. The molecule has 2 fully saturated rings. The molecule has 8 nitrogen and oxygen atoms in total. The number of carbonyl (C=O) groups is 4. The fourth-order valence-electron chi connectivity index (χ4n) is 3.88. The van der Waals surface area contributed by atoms with Crippen LogP contribution < -0.4 is 9.47 Å². The zero-order valence-corrected chi connectivity index (χ0v) is 21.3. The highest BCUT2D eigenvalue weighted by Gasteiger charge is 2.37. The Labute approximate surface area is 218 Å². The molecule has 0 atom stereocenters. The third-order valence-corrected chi connectivity index (χ3v) is 6.88. The van der Waals surface area contributed by atoms with Gasteiger partial charge < -0.3 is 14.4 Å². The summed E-state index contributed by atoms with van der Waals surface area (Å²) in [6.45, 7) is 3.16. The fraction of sp³-hybridized carbons (Fsp3) is 0.308. The number of thioether (sulfide) groups is 1. The first kappa shape index (κ1) is 25.8. The molecule has 2 aliphatic heterocycles. The summed E-state index contributed by atoms with van der Waals surface area (Å²) in [7, 11) is 0. The Morgan fingerprint density at radius 2 is 1.75 bits per heavy atom. The summed E-state index contributed by atoms with van der Waals surface area (Å²) in [5.41, 5.74) is 0.913. The zero-order valence-electron chi connectivity index (χ0n) is 19.7. The van der Waals surface area contributed by atoms with E-state index < -0.39 is 17.1 Å². The Kier molecular flexibility index (Phi) is 8.32. The molecule has 0 radical (unpaired) electrons. The van der Waals surface area contributed by atoms with Crippen molar-refractivity contribution in [2.24, 2.45) is 0 Å². The van der Waals surface area contributed by atoms with E-state index in [1.165, 1.54) is 0 Å². The number of likely N-dealkylation sites (tertiary alicyclic amines) is 1. The first-order valence-electron chi connectivity index (χ1n) is 11.6. The quantitative estimate of drug-likeness (QED) is 0.283. The number of halogens is 1. The molecule has 2 aromatic rings. The van der Waals surface area contributed by atoms with Crippen LogP contribution in [0, 0.1) is 0 Å². The van der Waals surface area contributed by atoms with Crippen molar-refractivity contribution in [2.45, 2.75) is 26.2 Å². The average Bonchev–Trinajstić information content (AvgIpc) is 3.13. The van der Waals surface area contributed by atoms with E-state index in [4.69, 9.17) is 21.1 Å². The van der Waals surface area contributed by atoms with Crippen molar-refractivity contribution in [1.29, 1.82) is 0 Å². The van der Waals surface area contributed by atoms with Crippen LogP contribution in [-0.4, -0.2) is 59.1 Å². The van der Waals surface area contributed by atoms with Crippen LogP contribution in [0.1, 0.15) is 42.1 Å². The van der Waals surface area contributed by atoms with Crippen LogP contribution in [0.25, 0.3) is 6.08 Å². The van der Waals surface area contributed by atoms with E-state index in [9.17, 15) is 19.2 Å². The van der Waals surface area contributed by atoms with Crippen LogP contribution in [-0.2, 0) is 9.59 Å². The molecule has 188 valence electrons. The van der Waals surface area contributed by atoms with Crippen molar-refractivity contribution in [2.75, 3.05) is 26.2 Å². The summed E-state index contributed by atoms with van der Waals surface area (Å²) >= 11 is 6.66. The van der Waals surface area contributed by atoms with Crippen molar-refractivity contribution < 1.29 is 28.7 Å². The smallest absolute Gasteiger partial charge is 0.343 e. The SMILES string of the molecule is CCOc1cc(/C=C2\SC(=O)N(CC(=O)N3CCCCC3)C2=O)ccc1OC(=O)c1ccc(Cl)cc1. The number of hydrogen-bond acceptors (Lipinski definition) is 7. The van der Waals surface area contributed by atoms with Crippen molar-refractivity contribution in [3.05, 3.63) is 63.5 Å². The lowest BCUT2D eigenvalue weighted by molar-refractivity contribution is -0.136. The minimum Gasteiger partial charge on any atom is -0.490 e. The average molecular weight is 529 g/mol. The van der Waals surface area contributed by atoms with Gasteiger partial charge in [0, 0.05) is 18.1 Å². The zero-order chi connectivity index (χ0) is 25.7. The first-order chi connectivity index (χ1) is 17.4. The van der Waals surface area contributed by atoms with E-state index in [1.807, 2.05) is 0 Å². The van der Waals surface area contributed by atoms with Crippen molar-refractivity contribution in [3.63, 3.8) is 0 Å². The highest BCUT2D eigenvalue weighted by molar-refractivity contribution is 8.18. The minimum atomic E-state index is -0.570. The third-order valence-electron chi connectivity index (χ3n) is 5.72. The van der Waals surface area contributed by atoms with Gasteiger partial charge in [-0.1, -0.05) is 17.7 Å². The molecule has 10 heteroatoms. The summed E-state index contributed by atoms with van der Waals surface area (Å²) in [5.74, 6) is -0.766. The second kappa shape index (κ2) is 11.6. The molecule has 2 aromatic carbocycles. The number of imide groups is 1. The van der Waals surface area contributed by atoms with E-state index in [0.29, 0.717) is 41.6 Å². The lowest BCUT2D eigenvalue weighted by Gasteiger charge is -2.27. The Bertz CT molecular complexity index is 1210. The lowest BCUT2D eigenvalue weighted by Crippen LogP contribution is -2.44. The monoisotopic (exact) mass is 528 g/mol. The Balaban J connectivity index is 1.48. The van der Waals surface area contributed by atoms with Gasteiger partial charge in [-0.25, -0.2) is 4.79 Å². The van der Waals surface area contributed by atoms with Crippen molar-refractivity contribution in [3.8, 4) is 11.5 Å². The molecule has 0 saturated carbocycles. The number of rotatable bonds is 7. The molecule has 0 aliphatic carbocycles. The number of piperidine rings is 1. The van der Waals surface area contributed by atoms with Crippen LogP contribution in [0.2, 0.25) is 5.02 Å². The second-order valence-electron chi connectivity index (χ2n) is 8.24. The van der Waals surface area contributed by atoms with Gasteiger partial charge in [-0.05, 0) is 86.0 Å². The summed E-state index contributed by atoms with van der Waals surface area (Å²) in [6, 6.07) is 11.2. The molecule has 3 amide bonds. The van der Waals surface area contributed by atoms with Gasteiger partial charge in [0.25, 0.3) is 11.1 Å². The van der Waals surface area contributed by atoms with Gasteiger partial charge in [-0.15, -0.1) is 0 Å². The topological polar surface area (TPSA) is 93.2 Å². The highest BCUT2D eigenvalue weighted by atomic mass is 35.5. The number of nitrogens with zero attached hydrogens (tertiary/aromatic N) is 2. The predicted octanol–water partition coefficient (Wildman–Crippen LogP) is 5.01. The summed E-state index contributed by atoms with van der Waals surface area (Å²) in [5, 5.41) is 0.0290. The number of carbonyl (C=O) groups excluding carboxylic acids is 4. The van der Waals surface area contributed by atoms with E-state index in [-0.39, 0.29) is 23.1 Å². The van der Waals surface area contributed by atoms with Gasteiger partial charge in [0.1, 0.15) is 6.54 Å². The maximum absolute atomic E-state index is 12.9. The van der Waals surface area contributed by atoms with Crippen LogP contribution >= 0.6 is 23.4 Å². The molecule has 0 aromatic heterocycles.